The maximum atomic E-state index is 13.6. The molecule has 0 saturated carbocycles. The van der Waals surface area contributed by atoms with Crippen LogP contribution in [-0.2, 0) is 16.1 Å². The number of hydrogen-bond donors (Lipinski definition) is 1. The van der Waals surface area contributed by atoms with Crippen molar-refractivity contribution < 1.29 is 18.4 Å². The van der Waals surface area contributed by atoms with Crippen LogP contribution in [0, 0.1) is 5.82 Å². The van der Waals surface area contributed by atoms with E-state index in [2.05, 4.69) is 10.3 Å². The zero-order chi connectivity index (χ0) is 13.7. The van der Waals surface area contributed by atoms with Crippen LogP contribution in [0.3, 0.4) is 0 Å². The second kappa shape index (κ2) is 6.15. The molecule has 0 radical (unpaired) electrons. The van der Waals surface area contributed by atoms with E-state index in [4.69, 9.17) is 4.42 Å². The first-order chi connectivity index (χ1) is 9.20. The third-order valence-corrected chi connectivity index (χ3v) is 2.62. The molecule has 1 aromatic carbocycles. The second-order valence-electron chi connectivity index (χ2n) is 3.98. The average Bonchev–Trinajstić information content (AvgIpc) is 2.86. The van der Waals surface area contributed by atoms with Crippen LogP contribution in [0.15, 0.2) is 40.8 Å². The minimum atomic E-state index is -0.333. The Hall–Kier alpha value is -2.14. The molecule has 0 atom stereocenters. The van der Waals surface area contributed by atoms with Gasteiger partial charge in [0.05, 0.1) is 12.7 Å². The van der Waals surface area contributed by atoms with E-state index in [9.17, 15) is 9.18 Å². The average molecular weight is 263 g/mol. The van der Waals surface area contributed by atoms with E-state index in [-0.39, 0.29) is 18.1 Å². The largest absolute Gasteiger partial charge is 0.461 e. The molecule has 0 unspecified atom stereocenters. The van der Waals surface area contributed by atoms with Crippen molar-refractivity contribution in [2.45, 2.75) is 12.8 Å². The van der Waals surface area contributed by atoms with Crippen LogP contribution < -0.4 is 5.48 Å². The number of rotatable bonds is 5. The maximum Gasteiger partial charge on any atom is 0.243 e. The van der Waals surface area contributed by atoms with Crippen molar-refractivity contribution in [2.24, 2.45) is 0 Å². The number of carbonyl (C=O) groups excluding carboxylic acids is 1. The van der Waals surface area contributed by atoms with Gasteiger partial charge in [-0.05, 0) is 24.3 Å². The lowest BCUT2D eigenvalue weighted by Crippen LogP contribution is -2.21. The summed E-state index contributed by atoms with van der Waals surface area (Å²) in [6.07, 6.45) is 0.682. The smallest absolute Gasteiger partial charge is 0.243 e. The highest BCUT2D eigenvalue weighted by molar-refractivity contribution is 5.74. The number of nitrogens with one attached hydrogen (secondary N) is 1. The second-order valence-corrected chi connectivity index (χ2v) is 3.98. The molecule has 100 valence electrons. The Balaban J connectivity index is 2.04. The molecule has 1 heterocycles. The summed E-state index contributed by atoms with van der Waals surface area (Å²) in [5, 5.41) is 0. The molecule has 0 aliphatic carbocycles. The maximum absolute atomic E-state index is 13.6. The van der Waals surface area contributed by atoms with E-state index < -0.39 is 0 Å². The van der Waals surface area contributed by atoms with Gasteiger partial charge in [-0.15, -0.1) is 0 Å². The van der Waals surface area contributed by atoms with E-state index >= 15 is 0 Å². The van der Waals surface area contributed by atoms with Crippen molar-refractivity contribution in [3.05, 3.63) is 48.0 Å². The molecule has 4 nitrogen and oxygen atoms in total. The number of hydroxylamine groups is 1. The van der Waals surface area contributed by atoms with Gasteiger partial charge < -0.3 is 4.42 Å². The Morgan fingerprint density at radius 2 is 2.11 bits per heavy atom. The number of aryl methyl sites for hydroxylation is 1. The molecule has 0 aliphatic rings. The summed E-state index contributed by atoms with van der Waals surface area (Å²) < 4.78 is 19.1. The molecule has 19 heavy (non-hydrogen) atoms. The predicted octanol–water partition coefficient (Wildman–Crippen LogP) is 2.70. The van der Waals surface area contributed by atoms with E-state index in [0.29, 0.717) is 23.5 Å². The Labute approximate surface area is 110 Å². The summed E-state index contributed by atoms with van der Waals surface area (Å²) in [6.45, 7) is 0. The van der Waals surface area contributed by atoms with E-state index in [0.717, 1.165) is 0 Å². The van der Waals surface area contributed by atoms with Crippen LogP contribution in [0.5, 0.6) is 0 Å². The first-order valence-electron chi connectivity index (χ1n) is 5.86. The number of halogens is 1. The number of hydrogen-bond acceptors (Lipinski definition) is 3. The third kappa shape index (κ3) is 3.42. The number of furan rings is 1. The fourth-order valence-electron chi connectivity index (χ4n) is 1.72. The Morgan fingerprint density at radius 1 is 1.32 bits per heavy atom. The van der Waals surface area contributed by atoms with Gasteiger partial charge in [0.25, 0.3) is 0 Å². The molecule has 0 spiro atoms. The number of amides is 1. The fourth-order valence-corrected chi connectivity index (χ4v) is 1.72. The van der Waals surface area contributed by atoms with Gasteiger partial charge in [0.1, 0.15) is 17.3 Å². The highest BCUT2D eigenvalue weighted by Gasteiger charge is 2.10. The Bertz CT molecular complexity index is 565. The van der Waals surface area contributed by atoms with Crippen molar-refractivity contribution in [3.8, 4) is 11.3 Å². The van der Waals surface area contributed by atoms with Gasteiger partial charge in [0.15, 0.2) is 0 Å². The van der Waals surface area contributed by atoms with Crippen molar-refractivity contribution in [3.63, 3.8) is 0 Å². The fraction of sp³-hybridized carbons (Fsp3) is 0.214. The summed E-state index contributed by atoms with van der Waals surface area (Å²) in [6, 6.07) is 9.83. The van der Waals surface area contributed by atoms with Crippen molar-refractivity contribution in [1.29, 1.82) is 0 Å². The highest BCUT2D eigenvalue weighted by Crippen LogP contribution is 2.25. The number of benzene rings is 1. The van der Waals surface area contributed by atoms with Gasteiger partial charge in [0, 0.05) is 12.8 Å². The third-order valence-electron chi connectivity index (χ3n) is 2.62. The molecule has 1 N–H and O–H groups in total. The summed E-state index contributed by atoms with van der Waals surface area (Å²) in [4.78, 5) is 15.7. The summed E-state index contributed by atoms with van der Waals surface area (Å²) >= 11 is 0. The van der Waals surface area contributed by atoms with Crippen molar-refractivity contribution >= 4 is 5.91 Å². The zero-order valence-corrected chi connectivity index (χ0v) is 10.5. The topological polar surface area (TPSA) is 51.5 Å². The molecule has 5 heteroatoms. The first kappa shape index (κ1) is 13.3. The lowest BCUT2D eigenvalue weighted by molar-refractivity contribution is -0.131. The minimum absolute atomic E-state index is 0.230. The Morgan fingerprint density at radius 3 is 2.84 bits per heavy atom. The SMILES string of the molecule is CONC(=O)CCc1ccc(-c2ccccc2F)o1. The summed E-state index contributed by atoms with van der Waals surface area (Å²) in [5.74, 6) is 0.525. The molecule has 2 rings (SSSR count). The highest BCUT2D eigenvalue weighted by atomic mass is 19.1. The quantitative estimate of drug-likeness (QED) is 0.844. The molecule has 2 aromatic rings. The van der Waals surface area contributed by atoms with Crippen LogP contribution in [-0.4, -0.2) is 13.0 Å². The molecule has 0 fully saturated rings. The van der Waals surface area contributed by atoms with Crippen molar-refractivity contribution in [1.82, 2.24) is 5.48 Å². The summed E-state index contributed by atoms with van der Waals surface area (Å²) in [5.41, 5.74) is 2.63. The van der Waals surface area contributed by atoms with E-state index in [1.807, 2.05) is 0 Å². The lowest BCUT2D eigenvalue weighted by Gasteiger charge is -2.00. The Kier molecular flexibility index (Phi) is 4.30. The van der Waals surface area contributed by atoms with Gasteiger partial charge in [-0.25, -0.2) is 9.87 Å². The first-order valence-corrected chi connectivity index (χ1v) is 5.86. The van der Waals surface area contributed by atoms with E-state index in [1.54, 1.807) is 30.3 Å². The van der Waals surface area contributed by atoms with Crippen LogP contribution in [0.1, 0.15) is 12.2 Å². The van der Waals surface area contributed by atoms with Crippen LogP contribution in [0.4, 0.5) is 4.39 Å². The molecular formula is C14H14FNO3. The molecule has 0 bridgehead atoms. The van der Waals surface area contributed by atoms with Crippen molar-refractivity contribution in [2.75, 3.05) is 7.11 Å². The normalized spacial score (nSPS) is 10.4. The molecule has 0 saturated heterocycles. The summed E-state index contributed by atoms with van der Waals surface area (Å²) in [7, 11) is 1.38. The van der Waals surface area contributed by atoms with Crippen LogP contribution >= 0.6 is 0 Å². The molecule has 1 amide bonds. The standard InChI is InChI=1S/C14H14FNO3/c1-18-16-14(17)9-7-10-6-8-13(19-10)11-4-2-3-5-12(11)15/h2-6,8H,7,9H2,1H3,(H,16,17). The predicted molar refractivity (Wildman–Crippen MR) is 67.6 cm³/mol. The lowest BCUT2D eigenvalue weighted by atomic mass is 10.1. The monoisotopic (exact) mass is 263 g/mol. The molecule has 0 aliphatic heterocycles. The van der Waals surface area contributed by atoms with Gasteiger partial charge in [0.2, 0.25) is 5.91 Å². The van der Waals surface area contributed by atoms with Gasteiger partial charge in [-0.1, -0.05) is 12.1 Å². The van der Waals surface area contributed by atoms with Gasteiger partial charge in [-0.2, -0.15) is 0 Å². The van der Waals surface area contributed by atoms with Crippen LogP contribution in [0.25, 0.3) is 11.3 Å². The minimum Gasteiger partial charge on any atom is -0.461 e. The van der Waals surface area contributed by atoms with Gasteiger partial charge >= 0.3 is 0 Å². The number of carbonyl (C=O) groups is 1. The van der Waals surface area contributed by atoms with E-state index in [1.165, 1.54) is 13.2 Å². The van der Waals surface area contributed by atoms with Crippen LogP contribution in [0.2, 0.25) is 0 Å². The molecular weight excluding hydrogens is 249 g/mol. The molecule has 1 aromatic heterocycles. The van der Waals surface area contributed by atoms with Gasteiger partial charge in [-0.3, -0.25) is 9.63 Å². The zero-order valence-electron chi connectivity index (χ0n) is 10.5.